The molecule has 0 spiro atoms. The van der Waals surface area contributed by atoms with Crippen LogP contribution in [0.4, 0.5) is 11.4 Å². The van der Waals surface area contributed by atoms with Crippen LogP contribution < -0.4 is 0 Å². The van der Waals surface area contributed by atoms with Crippen LogP contribution in [0.25, 0.3) is 0 Å². The van der Waals surface area contributed by atoms with Crippen LogP contribution in [0.3, 0.4) is 0 Å². The van der Waals surface area contributed by atoms with Gasteiger partial charge in [-0.25, -0.2) is 9.59 Å². The van der Waals surface area contributed by atoms with Crippen molar-refractivity contribution in [1.29, 1.82) is 0 Å². The lowest BCUT2D eigenvalue weighted by Crippen LogP contribution is -2.02. The zero-order chi connectivity index (χ0) is 17.9. The molecule has 4 nitrogen and oxygen atoms in total. The fourth-order valence-electron chi connectivity index (χ4n) is 2.93. The maximum Gasteiger partial charge on any atom is 0.240 e. The summed E-state index contributed by atoms with van der Waals surface area (Å²) in [5, 5.41) is 0. The number of aliphatic imine (C=N–C) groups is 2. The Balaban J connectivity index is 3.64. The van der Waals surface area contributed by atoms with Gasteiger partial charge in [-0.05, 0) is 49.1 Å². The molecule has 0 aliphatic rings. The van der Waals surface area contributed by atoms with Crippen molar-refractivity contribution < 1.29 is 9.59 Å². The molecule has 1 aromatic carbocycles. The Morgan fingerprint density at radius 1 is 0.917 bits per heavy atom. The molecule has 0 fully saturated rings. The molecule has 4 heteroatoms. The zero-order valence-corrected chi connectivity index (χ0v) is 15.3. The second kappa shape index (κ2) is 10.7. The van der Waals surface area contributed by atoms with Crippen molar-refractivity contribution >= 4 is 23.5 Å². The van der Waals surface area contributed by atoms with Crippen LogP contribution in [0.15, 0.2) is 16.1 Å². The molecule has 0 unspecified atom stereocenters. The van der Waals surface area contributed by atoms with E-state index in [1.54, 1.807) is 12.2 Å². The number of unbranched alkanes of at least 4 members (excludes halogenated alkanes) is 2. The lowest BCUT2D eigenvalue weighted by molar-refractivity contribution is 0.564. The number of hydrogen-bond donors (Lipinski definition) is 0. The van der Waals surface area contributed by atoms with E-state index < -0.39 is 0 Å². The Bertz CT molecular complexity index is 589. The number of isocyanates is 2. The molecule has 0 aliphatic heterocycles. The first-order valence-corrected chi connectivity index (χ1v) is 8.92. The standard InChI is InChI=1S/C20H28N2O2/c1-5-7-9-16-12-17(10-8-6-2)20(22-14-24)18(11-15(3)4)19(16)21-13-23/h12,15H,5-11H2,1-4H3. The van der Waals surface area contributed by atoms with E-state index in [1.165, 1.54) is 0 Å². The maximum absolute atomic E-state index is 11.0. The van der Waals surface area contributed by atoms with Crippen LogP contribution in [0.5, 0.6) is 0 Å². The molecule has 130 valence electrons. The highest BCUT2D eigenvalue weighted by Crippen LogP contribution is 2.39. The Morgan fingerprint density at radius 3 is 1.71 bits per heavy atom. The molecule has 0 radical (unpaired) electrons. The van der Waals surface area contributed by atoms with Crippen LogP contribution in [0.1, 0.15) is 70.1 Å². The third-order valence-electron chi connectivity index (χ3n) is 4.06. The van der Waals surface area contributed by atoms with Crippen molar-refractivity contribution in [1.82, 2.24) is 0 Å². The van der Waals surface area contributed by atoms with Crippen molar-refractivity contribution in [2.45, 2.75) is 72.6 Å². The fraction of sp³-hybridized carbons (Fsp3) is 0.600. The second-order valence-electron chi connectivity index (χ2n) is 6.58. The normalized spacial score (nSPS) is 10.4. The molecule has 0 bridgehead atoms. The molecule has 0 saturated heterocycles. The van der Waals surface area contributed by atoms with Gasteiger partial charge >= 0.3 is 0 Å². The summed E-state index contributed by atoms with van der Waals surface area (Å²) in [4.78, 5) is 29.9. The summed E-state index contributed by atoms with van der Waals surface area (Å²) in [5.74, 6) is 0.367. The van der Waals surface area contributed by atoms with E-state index in [0.29, 0.717) is 17.3 Å². The molecule has 0 saturated carbocycles. The highest BCUT2D eigenvalue weighted by atomic mass is 16.1. The summed E-state index contributed by atoms with van der Waals surface area (Å²) < 4.78 is 0. The van der Waals surface area contributed by atoms with Crippen LogP contribution >= 0.6 is 0 Å². The minimum Gasteiger partial charge on any atom is -0.211 e. The fourth-order valence-corrected chi connectivity index (χ4v) is 2.93. The maximum atomic E-state index is 11.0. The number of nitrogens with zero attached hydrogens (tertiary/aromatic N) is 2. The first kappa shape index (κ1) is 20.0. The van der Waals surface area contributed by atoms with Crippen LogP contribution in [-0.2, 0) is 28.9 Å². The predicted molar refractivity (Wildman–Crippen MR) is 97.8 cm³/mol. The number of carbonyl (C=O) groups excluding carboxylic acids is 2. The molecular formula is C20H28N2O2. The average Bonchev–Trinajstić information content (AvgIpc) is 2.55. The lowest BCUT2D eigenvalue weighted by Gasteiger charge is -2.18. The predicted octanol–water partition coefficient (Wildman–Crippen LogP) is 5.50. The highest BCUT2D eigenvalue weighted by molar-refractivity contribution is 5.72. The largest absolute Gasteiger partial charge is 0.240 e. The molecule has 0 aliphatic carbocycles. The zero-order valence-electron chi connectivity index (χ0n) is 15.3. The third kappa shape index (κ3) is 5.56. The van der Waals surface area contributed by atoms with Gasteiger partial charge in [0.1, 0.15) is 0 Å². The molecule has 0 aromatic heterocycles. The van der Waals surface area contributed by atoms with Gasteiger partial charge in [0.2, 0.25) is 12.2 Å². The van der Waals surface area contributed by atoms with Gasteiger partial charge in [0.15, 0.2) is 0 Å². The molecular weight excluding hydrogens is 300 g/mol. The number of hydrogen-bond acceptors (Lipinski definition) is 4. The van der Waals surface area contributed by atoms with E-state index in [2.05, 4.69) is 43.7 Å². The summed E-state index contributed by atoms with van der Waals surface area (Å²) in [5.41, 5.74) is 4.32. The Hall–Kier alpha value is -2.02. The van der Waals surface area contributed by atoms with E-state index in [9.17, 15) is 9.59 Å². The van der Waals surface area contributed by atoms with E-state index >= 15 is 0 Å². The Morgan fingerprint density at radius 2 is 1.38 bits per heavy atom. The van der Waals surface area contributed by atoms with Crippen LogP contribution in [0, 0.1) is 5.92 Å². The van der Waals surface area contributed by atoms with Gasteiger partial charge in [-0.3, -0.25) is 0 Å². The smallest absolute Gasteiger partial charge is 0.211 e. The minimum absolute atomic E-state index is 0.367. The Kier molecular flexibility index (Phi) is 8.93. The summed E-state index contributed by atoms with van der Waals surface area (Å²) in [6, 6.07) is 2.07. The monoisotopic (exact) mass is 328 g/mol. The molecule has 0 N–H and O–H groups in total. The van der Waals surface area contributed by atoms with Gasteiger partial charge in [0.25, 0.3) is 0 Å². The van der Waals surface area contributed by atoms with Gasteiger partial charge in [-0.15, -0.1) is 0 Å². The first-order chi connectivity index (χ1) is 11.6. The van der Waals surface area contributed by atoms with E-state index in [1.807, 2.05) is 0 Å². The molecule has 1 rings (SSSR count). The quantitative estimate of drug-likeness (QED) is 0.420. The van der Waals surface area contributed by atoms with Gasteiger partial charge in [0.05, 0.1) is 11.4 Å². The minimum atomic E-state index is 0.367. The van der Waals surface area contributed by atoms with Crippen molar-refractivity contribution in [2.75, 3.05) is 0 Å². The summed E-state index contributed by atoms with van der Waals surface area (Å²) in [6.07, 6.45) is 10.0. The number of benzene rings is 1. The van der Waals surface area contributed by atoms with Crippen molar-refractivity contribution in [2.24, 2.45) is 15.9 Å². The highest BCUT2D eigenvalue weighted by Gasteiger charge is 2.18. The van der Waals surface area contributed by atoms with Gasteiger partial charge in [-0.1, -0.05) is 46.6 Å². The molecule has 0 amide bonds. The topological polar surface area (TPSA) is 58.9 Å². The van der Waals surface area contributed by atoms with E-state index in [4.69, 9.17) is 0 Å². The third-order valence-corrected chi connectivity index (χ3v) is 4.06. The molecule has 1 aromatic rings. The average molecular weight is 328 g/mol. The van der Waals surface area contributed by atoms with Gasteiger partial charge in [-0.2, -0.15) is 9.98 Å². The van der Waals surface area contributed by atoms with E-state index in [-0.39, 0.29) is 0 Å². The van der Waals surface area contributed by atoms with Crippen molar-refractivity contribution in [3.05, 3.63) is 22.8 Å². The Labute approximate surface area is 145 Å². The summed E-state index contributed by atoms with van der Waals surface area (Å²) in [7, 11) is 0. The number of aryl methyl sites for hydroxylation is 2. The SMILES string of the molecule is CCCCc1cc(CCCC)c(N=C=O)c(CC(C)C)c1N=C=O. The van der Waals surface area contributed by atoms with Gasteiger partial charge in [0, 0.05) is 5.56 Å². The van der Waals surface area contributed by atoms with Crippen molar-refractivity contribution in [3.63, 3.8) is 0 Å². The molecule has 24 heavy (non-hydrogen) atoms. The lowest BCUT2D eigenvalue weighted by atomic mass is 9.90. The molecule has 0 heterocycles. The second-order valence-corrected chi connectivity index (χ2v) is 6.58. The first-order valence-electron chi connectivity index (χ1n) is 8.92. The summed E-state index contributed by atoms with van der Waals surface area (Å²) in [6.45, 7) is 8.49. The van der Waals surface area contributed by atoms with Crippen LogP contribution in [-0.4, -0.2) is 12.2 Å². The summed E-state index contributed by atoms with van der Waals surface area (Å²) >= 11 is 0. The van der Waals surface area contributed by atoms with Gasteiger partial charge < -0.3 is 0 Å². The molecule has 0 atom stereocenters. The van der Waals surface area contributed by atoms with Crippen molar-refractivity contribution in [3.8, 4) is 0 Å². The van der Waals surface area contributed by atoms with E-state index in [0.717, 1.165) is 61.6 Å². The number of rotatable bonds is 10. The van der Waals surface area contributed by atoms with Crippen LogP contribution in [0.2, 0.25) is 0 Å².